The van der Waals surface area contributed by atoms with Crippen molar-refractivity contribution in [3.63, 3.8) is 0 Å². The van der Waals surface area contributed by atoms with Gasteiger partial charge in [0.1, 0.15) is 12.0 Å². The average Bonchev–Trinajstić information content (AvgIpc) is 2.43. The quantitative estimate of drug-likeness (QED) is 0.483. The molecule has 0 unspecified atom stereocenters. The molecule has 1 rings (SSSR count). The van der Waals surface area contributed by atoms with Crippen molar-refractivity contribution < 1.29 is 17.8 Å². The fraction of sp³-hybridized carbons (Fsp3) is 0.438. The summed E-state index contributed by atoms with van der Waals surface area (Å²) >= 11 is 0.655. The smallest absolute Gasteiger partial charge is 0.282 e. The molecule has 0 radical (unpaired) electrons. The summed E-state index contributed by atoms with van der Waals surface area (Å²) in [6, 6.07) is 3.51. The van der Waals surface area contributed by atoms with Crippen molar-refractivity contribution in [2.45, 2.75) is 46.5 Å². The summed E-state index contributed by atoms with van der Waals surface area (Å²) in [5.74, 6) is 0.825. The number of halogens is 2. The second kappa shape index (κ2) is 7.59. The maximum absolute atomic E-state index is 12.5. The van der Waals surface area contributed by atoms with E-state index in [1.54, 1.807) is 12.1 Å². The highest BCUT2D eigenvalue weighted by Crippen LogP contribution is 2.39. The van der Waals surface area contributed by atoms with Crippen LogP contribution >= 0.6 is 12.0 Å². The summed E-state index contributed by atoms with van der Waals surface area (Å²) in [5, 5.41) is 0. The number of allylic oxidation sites excluding steroid dienone is 1. The van der Waals surface area contributed by atoms with Gasteiger partial charge in [0, 0.05) is 5.56 Å². The zero-order valence-corrected chi connectivity index (χ0v) is 13.7. The monoisotopic (exact) mass is 314 g/mol. The van der Waals surface area contributed by atoms with Crippen molar-refractivity contribution in [3.8, 4) is 5.75 Å². The first-order chi connectivity index (χ1) is 9.77. The molecule has 0 bridgehead atoms. The van der Waals surface area contributed by atoms with Crippen LogP contribution in [0.5, 0.6) is 5.75 Å². The number of hydrogen-bond acceptors (Lipinski definition) is 3. The fourth-order valence-corrected chi connectivity index (χ4v) is 2.32. The number of rotatable bonds is 6. The first kappa shape index (κ1) is 17.7. The van der Waals surface area contributed by atoms with Gasteiger partial charge in [0.15, 0.2) is 0 Å². The van der Waals surface area contributed by atoms with Crippen molar-refractivity contribution in [3.05, 3.63) is 39.8 Å². The molecular weight excluding hydrogens is 294 g/mol. The van der Waals surface area contributed by atoms with Gasteiger partial charge in [-0.15, -0.1) is 0 Å². The third kappa shape index (κ3) is 4.56. The van der Waals surface area contributed by atoms with E-state index in [9.17, 15) is 13.6 Å². The van der Waals surface area contributed by atoms with Gasteiger partial charge < -0.3 is 4.18 Å². The second-order valence-corrected chi connectivity index (χ2v) is 6.38. The van der Waals surface area contributed by atoms with Crippen molar-refractivity contribution in [2.75, 3.05) is 0 Å². The Morgan fingerprint density at radius 1 is 1.14 bits per heavy atom. The second-order valence-electron chi connectivity index (χ2n) is 5.44. The van der Waals surface area contributed by atoms with E-state index in [1.165, 1.54) is 6.92 Å². The van der Waals surface area contributed by atoms with Gasteiger partial charge in [-0.3, -0.25) is 4.79 Å². The van der Waals surface area contributed by atoms with E-state index in [0.29, 0.717) is 23.4 Å². The predicted octanol–water partition coefficient (Wildman–Crippen LogP) is 5.90. The SMILES string of the molecule is CC(SOc1c(C(C)C)cc(C=O)cc1C(C)C)=C(F)F. The van der Waals surface area contributed by atoms with Crippen LogP contribution in [0.4, 0.5) is 8.78 Å². The molecule has 5 heteroatoms. The Morgan fingerprint density at radius 3 is 1.95 bits per heavy atom. The molecule has 0 fully saturated rings. The number of carbonyl (C=O) groups is 1. The van der Waals surface area contributed by atoms with Crippen molar-refractivity contribution in [1.29, 1.82) is 0 Å². The molecule has 1 aromatic carbocycles. The van der Waals surface area contributed by atoms with Crippen molar-refractivity contribution >= 4 is 18.3 Å². The van der Waals surface area contributed by atoms with Gasteiger partial charge in [-0.2, -0.15) is 8.78 Å². The molecule has 2 nitrogen and oxygen atoms in total. The van der Waals surface area contributed by atoms with Gasteiger partial charge in [0.05, 0.1) is 16.9 Å². The normalized spacial score (nSPS) is 10.9. The van der Waals surface area contributed by atoms with Crippen molar-refractivity contribution in [1.82, 2.24) is 0 Å². The lowest BCUT2D eigenvalue weighted by Gasteiger charge is -2.19. The fourth-order valence-electron chi connectivity index (χ4n) is 1.86. The van der Waals surface area contributed by atoms with E-state index in [-0.39, 0.29) is 16.7 Å². The zero-order chi connectivity index (χ0) is 16.2. The average molecular weight is 314 g/mol. The molecule has 0 spiro atoms. The molecule has 0 aromatic heterocycles. The minimum atomic E-state index is -1.75. The number of aldehydes is 1. The number of carbonyl (C=O) groups excluding carboxylic acids is 1. The van der Waals surface area contributed by atoms with Crippen LogP contribution in [-0.2, 0) is 0 Å². The molecule has 116 valence electrons. The summed E-state index contributed by atoms with van der Waals surface area (Å²) in [5.41, 5.74) is 2.27. The third-order valence-corrected chi connectivity index (χ3v) is 3.72. The summed E-state index contributed by atoms with van der Waals surface area (Å²) in [6.07, 6.45) is -0.956. The zero-order valence-electron chi connectivity index (χ0n) is 12.9. The Balaban J connectivity index is 3.32. The predicted molar refractivity (Wildman–Crippen MR) is 83.1 cm³/mol. The lowest BCUT2D eigenvalue weighted by atomic mass is 9.92. The number of benzene rings is 1. The topological polar surface area (TPSA) is 26.3 Å². The van der Waals surface area contributed by atoms with Crippen LogP contribution in [0.2, 0.25) is 0 Å². The molecule has 0 aliphatic carbocycles. The maximum Gasteiger partial charge on any atom is 0.282 e. The molecule has 0 saturated heterocycles. The van der Waals surface area contributed by atoms with Crippen LogP contribution in [0.25, 0.3) is 0 Å². The first-order valence-corrected chi connectivity index (χ1v) is 7.51. The Bertz CT molecular complexity index is 518. The molecule has 1 aromatic rings. The lowest BCUT2D eigenvalue weighted by Crippen LogP contribution is -2.02. The molecule has 21 heavy (non-hydrogen) atoms. The van der Waals surface area contributed by atoms with Crippen LogP contribution in [0.1, 0.15) is 67.9 Å². The van der Waals surface area contributed by atoms with E-state index < -0.39 is 6.08 Å². The molecular formula is C16H20F2O2S. The summed E-state index contributed by atoms with van der Waals surface area (Å²) in [7, 11) is 0. The number of hydrogen-bond donors (Lipinski definition) is 0. The highest BCUT2D eigenvalue weighted by molar-refractivity contribution is 7.98. The molecule has 0 saturated carbocycles. The molecule has 0 heterocycles. The Labute approximate surface area is 128 Å². The van der Waals surface area contributed by atoms with Crippen LogP contribution in [0, 0.1) is 0 Å². The Hall–Kier alpha value is -1.36. The van der Waals surface area contributed by atoms with Gasteiger partial charge in [0.2, 0.25) is 0 Å². The van der Waals surface area contributed by atoms with E-state index >= 15 is 0 Å². The van der Waals surface area contributed by atoms with Crippen LogP contribution in [0.15, 0.2) is 23.1 Å². The maximum atomic E-state index is 12.5. The van der Waals surface area contributed by atoms with Gasteiger partial charge in [-0.1, -0.05) is 27.7 Å². The highest BCUT2D eigenvalue weighted by Gasteiger charge is 2.18. The van der Waals surface area contributed by atoms with E-state index in [0.717, 1.165) is 17.4 Å². The minimum absolute atomic E-state index is 0.123. The van der Waals surface area contributed by atoms with Crippen LogP contribution in [-0.4, -0.2) is 6.29 Å². The third-order valence-electron chi connectivity index (χ3n) is 3.06. The van der Waals surface area contributed by atoms with Gasteiger partial charge in [0.25, 0.3) is 6.08 Å². The van der Waals surface area contributed by atoms with Gasteiger partial charge >= 0.3 is 0 Å². The Morgan fingerprint density at radius 2 is 1.62 bits per heavy atom. The highest BCUT2D eigenvalue weighted by atomic mass is 32.2. The molecule has 0 atom stereocenters. The van der Waals surface area contributed by atoms with E-state index in [2.05, 4.69) is 0 Å². The summed E-state index contributed by atoms with van der Waals surface area (Å²) in [4.78, 5) is 10.9. The van der Waals surface area contributed by atoms with Crippen LogP contribution < -0.4 is 4.18 Å². The lowest BCUT2D eigenvalue weighted by molar-refractivity contribution is 0.112. The van der Waals surface area contributed by atoms with Gasteiger partial charge in [-0.05, 0) is 42.0 Å². The summed E-state index contributed by atoms with van der Waals surface area (Å²) < 4.78 is 30.6. The van der Waals surface area contributed by atoms with E-state index in [1.807, 2.05) is 27.7 Å². The summed E-state index contributed by atoms with van der Waals surface area (Å²) in [6.45, 7) is 9.21. The van der Waals surface area contributed by atoms with Crippen LogP contribution in [0.3, 0.4) is 0 Å². The standard InChI is InChI=1S/C16H20F2O2S/c1-9(2)13-6-12(8-19)7-14(10(3)4)15(13)20-21-11(5)16(17)18/h6-10H,1-5H3. The van der Waals surface area contributed by atoms with Crippen molar-refractivity contribution in [2.24, 2.45) is 0 Å². The first-order valence-electron chi connectivity index (χ1n) is 6.77. The Kier molecular flexibility index (Phi) is 6.40. The molecule has 0 aliphatic rings. The van der Waals surface area contributed by atoms with E-state index in [4.69, 9.17) is 4.18 Å². The largest absolute Gasteiger partial charge is 0.420 e. The molecule has 0 aliphatic heterocycles. The molecule has 0 amide bonds. The van der Waals surface area contributed by atoms with Gasteiger partial charge in [-0.25, -0.2) is 0 Å². The molecule has 0 N–H and O–H groups in total. The minimum Gasteiger partial charge on any atom is -0.420 e.